The molecular formula is C13H24N4O. The zero-order valence-electron chi connectivity index (χ0n) is 11.4. The molecule has 0 aliphatic carbocycles. The van der Waals surface area contributed by atoms with Gasteiger partial charge in [0.25, 0.3) is 0 Å². The average Bonchev–Trinajstić information content (AvgIpc) is 2.76. The Hall–Kier alpha value is -0.910. The number of nitrogens with one attached hydrogen (secondary N) is 1. The largest absolute Gasteiger partial charge is 0.379 e. The van der Waals surface area contributed by atoms with E-state index in [1.54, 1.807) is 0 Å². The molecule has 1 aromatic rings. The lowest BCUT2D eigenvalue weighted by atomic mass is 10.2. The van der Waals surface area contributed by atoms with Crippen LogP contribution in [-0.2, 0) is 18.2 Å². The van der Waals surface area contributed by atoms with Crippen LogP contribution in [-0.4, -0.2) is 59.9 Å². The molecule has 18 heavy (non-hydrogen) atoms. The summed E-state index contributed by atoms with van der Waals surface area (Å²) in [6.07, 6.45) is 4.83. The van der Waals surface area contributed by atoms with Crippen molar-refractivity contribution in [2.75, 3.05) is 39.4 Å². The minimum absolute atomic E-state index is 0.517. The minimum Gasteiger partial charge on any atom is -0.379 e. The maximum atomic E-state index is 5.35. The highest BCUT2D eigenvalue weighted by atomic mass is 16.5. The topological polar surface area (TPSA) is 42.3 Å². The van der Waals surface area contributed by atoms with Gasteiger partial charge in [0.1, 0.15) is 5.82 Å². The zero-order valence-corrected chi connectivity index (χ0v) is 11.4. The lowest BCUT2D eigenvalue weighted by molar-refractivity contribution is 0.0344. The number of nitrogens with zero attached hydrogens (tertiary/aromatic N) is 3. The maximum Gasteiger partial charge on any atom is 0.109 e. The van der Waals surface area contributed by atoms with Gasteiger partial charge in [0.15, 0.2) is 0 Å². The van der Waals surface area contributed by atoms with E-state index in [1.807, 2.05) is 19.4 Å². The highest BCUT2D eigenvalue weighted by molar-refractivity contribution is 4.91. The van der Waals surface area contributed by atoms with Gasteiger partial charge in [-0.3, -0.25) is 4.90 Å². The fraction of sp³-hybridized carbons (Fsp3) is 0.769. The van der Waals surface area contributed by atoms with Gasteiger partial charge in [-0.2, -0.15) is 0 Å². The molecule has 5 nitrogen and oxygen atoms in total. The molecule has 102 valence electrons. The number of ether oxygens (including phenoxy) is 1. The predicted octanol–water partition coefficient (Wildman–Crippen LogP) is 0.273. The molecular weight excluding hydrogens is 228 g/mol. The van der Waals surface area contributed by atoms with Crippen LogP contribution < -0.4 is 5.32 Å². The summed E-state index contributed by atoms with van der Waals surface area (Å²) in [6.45, 7) is 8.20. The Morgan fingerprint density at radius 3 is 2.89 bits per heavy atom. The summed E-state index contributed by atoms with van der Waals surface area (Å²) in [4.78, 5) is 6.78. The molecule has 0 radical (unpaired) electrons. The SMILES string of the molecule is CC(CN1CCOCC1)NCCc1nccn1C. The number of rotatable bonds is 6. The molecule has 0 aromatic carbocycles. The first-order valence-electron chi connectivity index (χ1n) is 6.75. The van der Waals surface area contributed by atoms with E-state index in [-0.39, 0.29) is 0 Å². The molecule has 0 saturated carbocycles. The molecule has 2 heterocycles. The number of aryl methyl sites for hydroxylation is 1. The highest BCUT2D eigenvalue weighted by Crippen LogP contribution is 1.99. The number of imidazole rings is 1. The van der Waals surface area contributed by atoms with Crippen molar-refractivity contribution in [3.8, 4) is 0 Å². The summed E-state index contributed by atoms with van der Waals surface area (Å²) in [7, 11) is 2.04. The van der Waals surface area contributed by atoms with E-state index in [9.17, 15) is 0 Å². The van der Waals surface area contributed by atoms with Crippen molar-refractivity contribution >= 4 is 0 Å². The zero-order chi connectivity index (χ0) is 12.8. The first-order valence-corrected chi connectivity index (χ1v) is 6.75. The Morgan fingerprint density at radius 1 is 1.44 bits per heavy atom. The van der Waals surface area contributed by atoms with Crippen LogP contribution in [0.25, 0.3) is 0 Å². The number of hydrogen-bond acceptors (Lipinski definition) is 4. The molecule has 1 fully saturated rings. The van der Waals surface area contributed by atoms with Crippen molar-refractivity contribution in [1.82, 2.24) is 19.8 Å². The van der Waals surface area contributed by atoms with Gasteiger partial charge in [-0.05, 0) is 6.92 Å². The summed E-state index contributed by atoms with van der Waals surface area (Å²) < 4.78 is 7.43. The number of morpholine rings is 1. The van der Waals surface area contributed by atoms with Gasteiger partial charge in [0, 0.05) is 58.1 Å². The Balaban J connectivity index is 1.62. The van der Waals surface area contributed by atoms with Crippen molar-refractivity contribution in [1.29, 1.82) is 0 Å². The van der Waals surface area contributed by atoms with Crippen LogP contribution in [0.5, 0.6) is 0 Å². The average molecular weight is 252 g/mol. The van der Waals surface area contributed by atoms with Gasteiger partial charge >= 0.3 is 0 Å². The molecule has 1 atom stereocenters. The van der Waals surface area contributed by atoms with Gasteiger partial charge in [-0.1, -0.05) is 0 Å². The highest BCUT2D eigenvalue weighted by Gasteiger charge is 2.13. The smallest absolute Gasteiger partial charge is 0.109 e. The summed E-state index contributed by atoms with van der Waals surface area (Å²) in [5.74, 6) is 1.14. The quantitative estimate of drug-likeness (QED) is 0.789. The fourth-order valence-corrected chi connectivity index (χ4v) is 2.30. The monoisotopic (exact) mass is 252 g/mol. The van der Waals surface area contributed by atoms with Gasteiger partial charge in [0.2, 0.25) is 0 Å². The van der Waals surface area contributed by atoms with E-state index >= 15 is 0 Å². The second kappa shape index (κ2) is 6.87. The molecule has 0 amide bonds. The van der Waals surface area contributed by atoms with Crippen molar-refractivity contribution in [3.05, 3.63) is 18.2 Å². The van der Waals surface area contributed by atoms with E-state index in [4.69, 9.17) is 4.74 Å². The van der Waals surface area contributed by atoms with Gasteiger partial charge in [-0.25, -0.2) is 4.98 Å². The lowest BCUT2D eigenvalue weighted by Gasteiger charge is -2.29. The second-order valence-corrected chi connectivity index (χ2v) is 4.97. The lowest BCUT2D eigenvalue weighted by Crippen LogP contribution is -2.44. The summed E-state index contributed by atoms with van der Waals surface area (Å²) in [5, 5.41) is 3.56. The summed E-state index contributed by atoms with van der Waals surface area (Å²) in [6, 6.07) is 0.517. The van der Waals surface area contributed by atoms with Crippen LogP contribution in [0.2, 0.25) is 0 Å². The molecule has 1 aromatic heterocycles. The normalized spacial score (nSPS) is 19.0. The summed E-state index contributed by atoms with van der Waals surface area (Å²) in [5.41, 5.74) is 0. The van der Waals surface area contributed by atoms with Crippen LogP contribution in [0.1, 0.15) is 12.7 Å². The Labute approximate surface area is 109 Å². The number of aromatic nitrogens is 2. The Morgan fingerprint density at radius 2 is 2.22 bits per heavy atom. The Kier molecular flexibility index (Phi) is 5.16. The van der Waals surface area contributed by atoms with E-state index in [1.165, 1.54) is 0 Å². The minimum atomic E-state index is 0.517. The standard InChI is InChI=1S/C13H24N4O/c1-12(11-17-7-9-18-10-8-17)14-4-3-13-15-5-6-16(13)2/h5-6,12,14H,3-4,7-11H2,1-2H3. The van der Waals surface area contributed by atoms with Gasteiger partial charge < -0.3 is 14.6 Å². The van der Waals surface area contributed by atoms with E-state index < -0.39 is 0 Å². The fourth-order valence-electron chi connectivity index (χ4n) is 2.30. The van der Waals surface area contributed by atoms with Crippen molar-refractivity contribution in [2.24, 2.45) is 7.05 Å². The molecule has 5 heteroatoms. The maximum absolute atomic E-state index is 5.35. The molecule has 0 bridgehead atoms. The molecule has 1 N–H and O–H groups in total. The first kappa shape index (κ1) is 13.5. The predicted molar refractivity (Wildman–Crippen MR) is 71.6 cm³/mol. The van der Waals surface area contributed by atoms with E-state index in [0.717, 1.165) is 51.6 Å². The van der Waals surface area contributed by atoms with Crippen molar-refractivity contribution in [3.63, 3.8) is 0 Å². The first-order chi connectivity index (χ1) is 8.75. The van der Waals surface area contributed by atoms with Crippen molar-refractivity contribution < 1.29 is 4.74 Å². The summed E-state index contributed by atoms with van der Waals surface area (Å²) >= 11 is 0. The molecule has 1 saturated heterocycles. The third-order valence-corrected chi connectivity index (χ3v) is 3.40. The molecule has 2 rings (SSSR count). The number of hydrogen-bond donors (Lipinski definition) is 1. The molecule has 1 aliphatic heterocycles. The molecule has 1 aliphatic rings. The van der Waals surface area contributed by atoms with Gasteiger partial charge in [0.05, 0.1) is 13.2 Å². The van der Waals surface area contributed by atoms with E-state index in [0.29, 0.717) is 6.04 Å². The van der Waals surface area contributed by atoms with Crippen LogP contribution in [0, 0.1) is 0 Å². The van der Waals surface area contributed by atoms with Gasteiger partial charge in [-0.15, -0.1) is 0 Å². The van der Waals surface area contributed by atoms with E-state index in [2.05, 4.69) is 26.7 Å². The van der Waals surface area contributed by atoms with Crippen LogP contribution in [0.3, 0.4) is 0 Å². The molecule has 1 unspecified atom stereocenters. The molecule has 0 spiro atoms. The van der Waals surface area contributed by atoms with Crippen LogP contribution in [0.4, 0.5) is 0 Å². The second-order valence-electron chi connectivity index (χ2n) is 4.97. The third-order valence-electron chi connectivity index (χ3n) is 3.40. The third kappa shape index (κ3) is 4.08. The Bertz CT molecular complexity index is 347. The van der Waals surface area contributed by atoms with Crippen molar-refractivity contribution in [2.45, 2.75) is 19.4 Å². The van der Waals surface area contributed by atoms with Crippen LogP contribution in [0.15, 0.2) is 12.4 Å². The van der Waals surface area contributed by atoms with Crippen LogP contribution >= 0.6 is 0 Å².